The van der Waals surface area contributed by atoms with Crippen LogP contribution in [0.5, 0.6) is 0 Å². The third-order valence-corrected chi connectivity index (χ3v) is 2.69. The fourth-order valence-electron chi connectivity index (χ4n) is 1.46. The molecular formula is C14H14N2O2. The predicted octanol–water partition coefficient (Wildman–Crippen LogP) is 2.66. The molecule has 18 heavy (non-hydrogen) atoms. The van der Waals surface area contributed by atoms with Crippen LogP contribution in [0.1, 0.15) is 27.0 Å². The molecule has 2 rings (SSSR count). The quantitative estimate of drug-likeness (QED) is 0.664. The van der Waals surface area contributed by atoms with E-state index in [0.29, 0.717) is 5.56 Å². The zero-order chi connectivity index (χ0) is 13.0. The number of furan rings is 1. The summed E-state index contributed by atoms with van der Waals surface area (Å²) in [5.41, 5.74) is 6.12. The lowest BCUT2D eigenvalue weighted by Crippen LogP contribution is -2.17. The summed E-state index contributed by atoms with van der Waals surface area (Å²) in [4.78, 5) is 11.8. The average molecular weight is 242 g/mol. The number of hydrogen-bond donors (Lipinski definition) is 1. The van der Waals surface area contributed by atoms with Gasteiger partial charge in [-0.1, -0.05) is 6.07 Å². The standard InChI is InChI=1S/C14H14N2O2/c1-10-3-4-13(7-11(10)2)14(17)16-15-8-12-5-6-18-9-12/h3-9H,1-2H3,(H,16,17)/b15-8+. The van der Waals surface area contributed by atoms with E-state index < -0.39 is 0 Å². The van der Waals surface area contributed by atoms with E-state index in [4.69, 9.17) is 4.42 Å². The molecule has 1 heterocycles. The van der Waals surface area contributed by atoms with Crippen molar-refractivity contribution in [1.29, 1.82) is 0 Å². The molecule has 0 fully saturated rings. The summed E-state index contributed by atoms with van der Waals surface area (Å²) in [6.07, 6.45) is 4.63. The lowest BCUT2D eigenvalue weighted by Gasteiger charge is -2.03. The van der Waals surface area contributed by atoms with Crippen LogP contribution >= 0.6 is 0 Å². The Morgan fingerprint density at radius 3 is 2.78 bits per heavy atom. The number of nitrogens with zero attached hydrogens (tertiary/aromatic N) is 1. The van der Waals surface area contributed by atoms with Gasteiger partial charge in [0.05, 0.1) is 18.7 Å². The van der Waals surface area contributed by atoms with E-state index in [-0.39, 0.29) is 5.91 Å². The van der Waals surface area contributed by atoms with Crippen molar-refractivity contribution in [2.45, 2.75) is 13.8 Å². The van der Waals surface area contributed by atoms with Crippen LogP contribution in [0.15, 0.2) is 46.3 Å². The number of rotatable bonds is 3. The number of hydrogen-bond acceptors (Lipinski definition) is 3. The van der Waals surface area contributed by atoms with Crippen molar-refractivity contribution in [3.63, 3.8) is 0 Å². The Labute approximate surface area is 105 Å². The van der Waals surface area contributed by atoms with Gasteiger partial charge in [0.15, 0.2) is 0 Å². The zero-order valence-corrected chi connectivity index (χ0v) is 10.3. The van der Waals surface area contributed by atoms with E-state index in [1.807, 2.05) is 26.0 Å². The Kier molecular flexibility index (Phi) is 3.57. The first-order valence-corrected chi connectivity index (χ1v) is 5.59. The number of amides is 1. The van der Waals surface area contributed by atoms with Gasteiger partial charge in [-0.2, -0.15) is 5.10 Å². The number of nitrogens with one attached hydrogen (secondary N) is 1. The molecule has 0 saturated carbocycles. The maximum atomic E-state index is 11.8. The van der Waals surface area contributed by atoms with E-state index in [1.54, 1.807) is 24.7 Å². The summed E-state index contributed by atoms with van der Waals surface area (Å²) < 4.78 is 4.88. The van der Waals surface area contributed by atoms with Crippen molar-refractivity contribution in [2.75, 3.05) is 0 Å². The van der Waals surface area contributed by atoms with Gasteiger partial charge in [0.1, 0.15) is 0 Å². The molecule has 0 saturated heterocycles. The fraction of sp³-hybridized carbons (Fsp3) is 0.143. The molecule has 0 unspecified atom stereocenters. The Hall–Kier alpha value is -2.36. The summed E-state index contributed by atoms with van der Waals surface area (Å²) >= 11 is 0. The molecule has 92 valence electrons. The lowest BCUT2D eigenvalue weighted by molar-refractivity contribution is 0.0955. The topological polar surface area (TPSA) is 54.6 Å². The lowest BCUT2D eigenvalue weighted by atomic mass is 10.1. The maximum Gasteiger partial charge on any atom is 0.271 e. The first-order chi connectivity index (χ1) is 8.66. The van der Waals surface area contributed by atoms with Crippen LogP contribution in [0.4, 0.5) is 0 Å². The molecule has 1 N–H and O–H groups in total. The average Bonchev–Trinajstić information content (AvgIpc) is 2.85. The third-order valence-electron chi connectivity index (χ3n) is 2.69. The minimum atomic E-state index is -0.224. The summed E-state index contributed by atoms with van der Waals surface area (Å²) in [7, 11) is 0. The molecule has 0 radical (unpaired) electrons. The Morgan fingerprint density at radius 1 is 1.28 bits per heavy atom. The molecule has 0 aliphatic carbocycles. The molecule has 2 aromatic rings. The van der Waals surface area contributed by atoms with Crippen LogP contribution in [-0.2, 0) is 0 Å². The van der Waals surface area contributed by atoms with Crippen LogP contribution < -0.4 is 5.43 Å². The smallest absolute Gasteiger partial charge is 0.271 e. The minimum absolute atomic E-state index is 0.224. The van der Waals surface area contributed by atoms with Gasteiger partial charge in [-0.15, -0.1) is 0 Å². The third kappa shape index (κ3) is 2.85. The normalized spacial score (nSPS) is 10.8. The number of hydrazone groups is 1. The highest BCUT2D eigenvalue weighted by Crippen LogP contribution is 2.09. The highest BCUT2D eigenvalue weighted by atomic mass is 16.3. The van der Waals surface area contributed by atoms with Gasteiger partial charge in [0.25, 0.3) is 5.91 Å². The van der Waals surface area contributed by atoms with Crippen molar-refractivity contribution >= 4 is 12.1 Å². The first kappa shape index (κ1) is 12.1. The highest BCUT2D eigenvalue weighted by Gasteiger charge is 2.04. The van der Waals surface area contributed by atoms with E-state index in [2.05, 4.69) is 10.5 Å². The van der Waals surface area contributed by atoms with E-state index in [0.717, 1.165) is 16.7 Å². The molecule has 0 aliphatic heterocycles. The van der Waals surface area contributed by atoms with Crippen molar-refractivity contribution in [2.24, 2.45) is 5.10 Å². The Balaban J connectivity index is 2.01. The second kappa shape index (κ2) is 5.31. The minimum Gasteiger partial charge on any atom is -0.472 e. The summed E-state index contributed by atoms with van der Waals surface area (Å²) in [6.45, 7) is 3.98. The van der Waals surface area contributed by atoms with Crippen LogP contribution in [0, 0.1) is 13.8 Å². The van der Waals surface area contributed by atoms with Gasteiger partial charge in [0.2, 0.25) is 0 Å². The van der Waals surface area contributed by atoms with E-state index in [1.165, 1.54) is 6.21 Å². The van der Waals surface area contributed by atoms with Crippen LogP contribution in [0.25, 0.3) is 0 Å². The molecule has 1 amide bonds. The molecule has 1 aromatic heterocycles. The number of carbonyl (C=O) groups is 1. The molecular weight excluding hydrogens is 228 g/mol. The van der Waals surface area contributed by atoms with Crippen molar-refractivity contribution in [3.05, 3.63) is 59.0 Å². The molecule has 1 aromatic carbocycles. The number of benzene rings is 1. The van der Waals surface area contributed by atoms with Crippen LogP contribution in [0.3, 0.4) is 0 Å². The van der Waals surface area contributed by atoms with E-state index in [9.17, 15) is 4.79 Å². The van der Waals surface area contributed by atoms with Gasteiger partial charge in [-0.3, -0.25) is 4.79 Å². The van der Waals surface area contributed by atoms with Gasteiger partial charge >= 0.3 is 0 Å². The largest absolute Gasteiger partial charge is 0.472 e. The van der Waals surface area contributed by atoms with Gasteiger partial charge in [-0.05, 0) is 43.2 Å². The van der Waals surface area contributed by atoms with Crippen LogP contribution in [-0.4, -0.2) is 12.1 Å². The Morgan fingerprint density at radius 2 is 2.11 bits per heavy atom. The summed E-state index contributed by atoms with van der Waals surface area (Å²) in [5.74, 6) is -0.224. The second-order valence-corrected chi connectivity index (χ2v) is 4.05. The second-order valence-electron chi connectivity index (χ2n) is 4.05. The first-order valence-electron chi connectivity index (χ1n) is 5.59. The van der Waals surface area contributed by atoms with Crippen molar-refractivity contribution in [1.82, 2.24) is 5.43 Å². The van der Waals surface area contributed by atoms with Crippen molar-refractivity contribution < 1.29 is 9.21 Å². The summed E-state index contributed by atoms with van der Waals surface area (Å²) in [5, 5.41) is 3.86. The number of carbonyl (C=O) groups excluding carboxylic acids is 1. The van der Waals surface area contributed by atoms with Crippen LogP contribution in [0.2, 0.25) is 0 Å². The molecule has 4 nitrogen and oxygen atoms in total. The Bertz CT molecular complexity index is 571. The molecule has 0 atom stereocenters. The summed E-state index contributed by atoms with van der Waals surface area (Å²) in [6, 6.07) is 7.30. The molecule has 0 spiro atoms. The SMILES string of the molecule is Cc1ccc(C(=O)N/N=C/c2ccoc2)cc1C. The zero-order valence-electron chi connectivity index (χ0n) is 10.3. The molecule has 0 aliphatic rings. The van der Waals surface area contributed by atoms with Gasteiger partial charge in [0, 0.05) is 11.1 Å². The fourth-order valence-corrected chi connectivity index (χ4v) is 1.46. The van der Waals surface area contributed by atoms with Gasteiger partial charge < -0.3 is 4.42 Å². The maximum absolute atomic E-state index is 11.8. The van der Waals surface area contributed by atoms with Gasteiger partial charge in [-0.25, -0.2) is 5.43 Å². The monoisotopic (exact) mass is 242 g/mol. The predicted molar refractivity (Wildman–Crippen MR) is 69.7 cm³/mol. The van der Waals surface area contributed by atoms with E-state index >= 15 is 0 Å². The molecule has 4 heteroatoms. The highest BCUT2D eigenvalue weighted by molar-refractivity contribution is 5.95. The number of aryl methyl sites for hydroxylation is 2. The molecule has 0 bridgehead atoms. The van der Waals surface area contributed by atoms with Crippen molar-refractivity contribution in [3.8, 4) is 0 Å².